The number of piperidine rings is 2. The molecular weight excluding hydrogens is 801 g/mol. The highest BCUT2D eigenvalue weighted by molar-refractivity contribution is 5.91. The molecule has 10 rings (SSSR count). The number of alkyl carbamates (subject to hydrolysis) is 1. The molecule has 5 heterocycles. The van der Waals surface area contributed by atoms with Gasteiger partial charge in [-0.15, -0.1) is 0 Å². The molecule has 5 aromatic rings. The lowest BCUT2D eigenvalue weighted by atomic mass is 9.89. The van der Waals surface area contributed by atoms with Gasteiger partial charge in [-0.2, -0.15) is 0 Å². The number of aromatic nitrogens is 4. The highest BCUT2D eigenvalue weighted by Crippen LogP contribution is 2.55. The zero-order valence-electron chi connectivity index (χ0n) is 36.0. The van der Waals surface area contributed by atoms with Crippen molar-refractivity contribution in [3.8, 4) is 33.6 Å². The highest BCUT2D eigenvalue weighted by atomic mass is 16.5. The summed E-state index contributed by atoms with van der Waals surface area (Å²) < 4.78 is 10.4. The number of imidazole rings is 2. The Kier molecular flexibility index (Phi) is 10.5. The maximum Gasteiger partial charge on any atom is 0.407 e. The first kappa shape index (κ1) is 40.8. The average Bonchev–Trinajstić information content (AvgIpc) is 3.88. The number of hydrogen-bond acceptors (Lipinski definition) is 8. The Labute approximate surface area is 365 Å². The van der Waals surface area contributed by atoms with Crippen molar-refractivity contribution in [3.05, 3.63) is 84.7 Å². The van der Waals surface area contributed by atoms with Gasteiger partial charge in [-0.1, -0.05) is 62.4 Å². The van der Waals surface area contributed by atoms with E-state index in [-0.39, 0.29) is 47.8 Å². The molecule has 1 unspecified atom stereocenters. The van der Waals surface area contributed by atoms with Crippen LogP contribution in [0.4, 0.5) is 9.59 Å². The van der Waals surface area contributed by atoms with Crippen molar-refractivity contribution in [2.45, 2.75) is 88.6 Å². The molecule has 3 aromatic carbocycles. The second-order valence-electron chi connectivity index (χ2n) is 18.5. The molecular formula is C48H54N8O7. The van der Waals surface area contributed by atoms with Crippen molar-refractivity contribution >= 4 is 34.8 Å². The van der Waals surface area contributed by atoms with Gasteiger partial charge in [0.05, 0.1) is 30.6 Å². The van der Waals surface area contributed by atoms with E-state index in [9.17, 15) is 24.3 Å². The highest BCUT2D eigenvalue weighted by Gasteiger charge is 2.58. The minimum absolute atomic E-state index is 0.0872. The number of hydrogen-bond donors (Lipinski definition) is 4. The van der Waals surface area contributed by atoms with Gasteiger partial charge in [0.25, 0.3) is 0 Å². The Morgan fingerprint density at radius 3 is 1.86 bits per heavy atom. The fraction of sp³-hybridized carbons (Fsp3) is 0.458. The topological polar surface area (TPSA) is 186 Å². The summed E-state index contributed by atoms with van der Waals surface area (Å²) in [6.07, 6.45) is 6.97. The summed E-state index contributed by atoms with van der Waals surface area (Å²) >= 11 is 0. The van der Waals surface area contributed by atoms with Gasteiger partial charge in [0.2, 0.25) is 11.8 Å². The van der Waals surface area contributed by atoms with Crippen LogP contribution in [0.15, 0.2) is 73.1 Å². The van der Waals surface area contributed by atoms with Gasteiger partial charge in [-0.25, -0.2) is 19.6 Å². The smallest absolute Gasteiger partial charge is 0.407 e. The van der Waals surface area contributed by atoms with Crippen molar-refractivity contribution in [2.24, 2.45) is 23.7 Å². The summed E-state index contributed by atoms with van der Waals surface area (Å²) in [5.74, 6) is 1.91. The number of aromatic amines is 2. The maximum absolute atomic E-state index is 14.3. The summed E-state index contributed by atoms with van der Waals surface area (Å²) in [5, 5.41) is 14.9. The molecule has 63 heavy (non-hydrogen) atoms. The molecule has 0 bridgehead atoms. The third-order valence-corrected chi connectivity index (χ3v) is 14.3. The fourth-order valence-electron chi connectivity index (χ4n) is 10.6. The minimum Gasteiger partial charge on any atom is -0.465 e. The normalized spacial score (nSPS) is 24.8. The number of methoxy groups -OCH3 is 1. The first-order valence-corrected chi connectivity index (χ1v) is 22.2. The number of fused-ring (bicyclic) bond motifs is 3. The van der Waals surface area contributed by atoms with E-state index < -0.39 is 24.3 Å². The second kappa shape index (κ2) is 16.2. The van der Waals surface area contributed by atoms with Crippen LogP contribution in [0.2, 0.25) is 0 Å². The van der Waals surface area contributed by atoms with Gasteiger partial charge >= 0.3 is 12.2 Å². The molecule has 5 fully saturated rings. The number of nitrogens with one attached hydrogen (secondary N) is 3. The number of likely N-dealkylation sites (N-methyl/N-ethyl adjacent to an activating group) is 1. The summed E-state index contributed by atoms with van der Waals surface area (Å²) in [6, 6.07) is 19.5. The quantitative estimate of drug-likeness (QED) is 0.105. The third kappa shape index (κ3) is 7.59. The van der Waals surface area contributed by atoms with Crippen LogP contribution < -0.4 is 5.32 Å². The van der Waals surface area contributed by atoms with Gasteiger partial charge in [0.15, 0.2) is 0 Å². The number of amides is 4. The number of ether oxygens (including phenoxy) is 2. The molecule has 0 radical (unpaired) electrons. The van der Waals surface area contributed by atoms with Crippen molar-refractivity contribution in [1.29, 1.82) is 0 Å². The zero-order chi connectivity index (χ0) is 43.7. The number of carboxylic acid groups (broad SMARTS) is 1. The molecule has 4 amide bonds. The number of benzene rings is 3. The van der Waals surface area contributed by atoms with E-state index in [0.29, 0.717) is 37.9 Å². The predicted octanol–water partition coefficient (Wildman–Crippen LogP) is 7.40. The standard InChI is InChI=1S/C48H54N8O7/c1-25(2)41(53-47(59)62-4)45(57)55-37-19-33(37)21-39(55)43-50-24-36(52-43)32-12-11-30-17-29(9-10-31(30)18-32)26-5-7-27(8-6-26)35-23-49-44(51-35)40-22-34-20-38(34)56(40)46(58)42(54(3)48(60)61)28-13-15-63-16-14-28/h5-12,17-18,23-25,28,33-34,37-42H,13-16,19-22H2,1-4H3,(H,49,51)(H,50,52)(H,53,59)(H,60,61)/t33-,34-,37-,38-,39+,40?,41+,42+/m1/s1. The Morgan fingerprint density at radius 1 is 0.762 bits per heavy atom. The lowest BCUT2D eigenvalue weighted by Gasteiger charge is -2.38. The lowest BCUT2D eigenvalue weighted by Crippen LogP contribution is -2.54. The molecule has 15 heteroatoms. The SMILES string of the molecule is COC(=O)N[C@H](C(=O)N1[C@@H]2C[C@@H]2C[C@H]1c1nc(-c2ccc3cc(-c4ccc(-c5c[nH]c(C6C[C@H]7C[C@H]7N6C(=O)[C@H](C6CCOCC6)N(C)C(=O)O)n5)cc4)ccc3c2)c[nH]1)C(C)C. The van der Waals surface area contributed by atoms with Gasteiger partial charge in [-0.3, -0.25) is 14.5 Å². The van der Waals surface area contributed by atoms with E-state index in [1.165, 1.54) is 19.1 Å². The van der Waals surface area contributed by atoms with E-state index >= 15 is 0 Å². The molecule has 8 atom stereocenters. The van der Waals surface area contributed by atoms with Crippen LogP contribution in [0.1, 0.15) is 76.1 Å². The van der Waals surface area contributed by atoms with Crippen LogP contribution in [-0.4, -0.2) is 115 Å². The van der Waals surface area contributed by atoms with Crippen LogP contribution in [0.25, 0.3) is 44.4 Å². The first-order chi connectivity index (χ1) is 30.5. The van der Waals surface area contributed by atoms with Gasteiger partial charge in [0.1, 0.15) is 23.7 Å². The van der Waals surface area contributed by atoms with E-state index in [1.807, 2.05) is 36.0 Å². The molecule has 3 saturated heterocycles. The van der Waals surface area contributed by atoms with Crippen molar-refractivity contribution in [1.82, 2.24) is 40.0 Å². The van der Waals surface area contributed by atoms with Crippen molar-refractivity contribution < 1.29 is 33.8 Å². The van der Waals surface area contributed by atoms with Gasteiger partial charge < -0.3 is 39.7 Å². The summed E-state index contributed by atoms with van der Waals surface area (Å²) in [6.45, 7) is 4.90. The molecule has 3 aliphatic heterocycles. The van der Waals surface area contributed by atoms with Gasteiger partial charge in [0, 0.05) is 55.9 Å². The lowest BCUT2D eigenvalue weighted by molar-refractivity contribution is -0.141. The molecule has 2 saturated carbocycles. The van der Waals surface area contributed by atoms with Crippen LogP contribution in [0.5, 0.6) is 0 Å². The van der Waals surface area contributed by atoms with E-state index in [1.54, 1.807) is 0 Å². The van der Waals surface area contributed by atoms with Crippen LogP contribution in [0, 0.1) is 23.7 Å². The van der Waals surface area contributed by atoms with E-state index in [0.717, 1.165) is 81.7 Å². The molecule has 4 N–H and O–H groups in total. The van der Waals surface area contributed by atoms with Gasteiger partial charge in [-0.05, 0) is 96.2 Å². The Hall–Kier alpha value is -6.22. The Morgan fingerprint density at radius 2 is 1.29 bits per heavy atom. The third-order valence-electron chi connectivity index (χ3n) is 14.3. The molecule has 2 aromatic heterocycles. The van der Waals surface area contributed by atoms with Crippen LogP contribution in [-0.2, 0) is 19.1 Å². The number of nitrogens with zero attached hydrogens (tertiary/aromatic N) is 5. The summed E-state index contributed by atoms with van der Waals surface area (Å²) in [7, 11) is 2.81. The van der Waals surface area contributed by atoms with Crippen LogP contribution in [0.3, 0.4) is 0 Å². The average molecular weight is 855 g/mol. The Balaban J connectivity index is 0.823. The number of likely N-dealkylation sites (tertiary alicyclic amines) is 2. The number of carbonyl (C=O) groups excluding carboxylic acids is 3. The number of carbonyl (C=O) groups is 4. The maximum atomic E-state index is 14.3. The fourth-order valence-corrected chi connectivity index (χ4v) is 10.6. The van der Waals surface area contributed by atoms with E-state index in [2.05, 4.69) is 75.9 Å². The molecule has 0 spiro atoms. The van der Waals surface area contributed by atoms with Crippen LogP contribution >= 0.6 is 0 Å². The number of rotatable bonds is 11. The molecule has 5 aliphatic rings. The van der Waals surface area contributed by atoms with E-state index in [4.69, 9.17) is 19.4 Å². The summed E-state index contributed by atoms with van der Waals surface area (Å²) in [5.41, 5.74) is 5.69. The number of H-pyrrole nitrogens is 2. The monoisotopic (exact) mass is 854 g/mol. The molecule has 328 valence electrons. The second-order valence-corrected chi connectivity index (χ2v) is 18.5. The first-order valence-electron chi connectivity index (χ1n) is 22.2. The Bertz CT molecular complexity index is 2560. The molecule has 2 aliphatic carbocycles. The van der Waals surface area contributed by atoms with Crippen molar-refractivity contribution in [3.63, 3.8) is 0 Å². The minimum atomic E-state index is -1.10. The largest absolute Gasteiger partial charge is 0.465 e. The zero-order valence-corrected chi connectivity index (χ0v) is 36.0. The predicted molar refractivity (Wildman–Crippen MR) is 234 cm³/mol. The summed E-state index contributed by atoms with van der Waals surface area (Å²) in [4.78, 5) is 74.2. The molecule has 15 nitrogen and oxygen atoms in total. The van der Waals surface area contributed by atoms with Crippen molar-refractivity contribution in [2.75, 3.05) is 27.4 Å².